The summed E-state index contributed by atoms with van der Waals surface area (Å²) >= 11 is 1.84. The van der Waals surface area contributed by atoms with E-state index in [1.807, 2.05) is 11.3 Å². The smallest absolute Gasteiger partial charge is 0.129 e. The van der Waals surface area contributed by atoms with Crippen molar-refractivity contribution in [2.24, 2.45) is 0 Å². The van der Waals surface area contributed by atoms with Crippen LogP contribution in [0.25, 0.3) is 10.2 Å². The van der Waals surface area contributed by atoms with E-state index in [4.69, 9.17) is 0 Å². The molecule has 4 heteroatoms. The summed E-state index contributed by atoms with van der Waals surface area (Å²) in [6.07, 6.45) is 3.86. The lowest BCUT2D eigenvalue weighted by molar-refractivity contribution is 0.870. The van der Waals surface area contributed by atoms with E-state index in [1.165, 1.54) is 28.1 Å². The highest BCUT2D eigenvalue weighted by Gasteiger charge is 2.25. The average Bonchev–Trinajstić information content (AvgIpc) is 2.86. The van der Waals surface area contributed by atoms with E-state index in [1.54, 1.807) is 6.33 Å². The number of thiophene rings is 1. The van der Waals surface area contributed by atoms with Gasteiger partial charge in [0.05, 0.1) is 16.8 Å². The Morgan fingerprint density at radius 3 is 3.00 bits per heavy atom. The first kappa shape index (κ1) is 10.0. The molecule has 0 aliphatic carbocycles. The predicted octanol–water partition coefficient (Wildman–Crippen LogP) is 2.64. The van der Waals surface area contributed by atoms with Crippen LogP contribution in [0.1, 0.15) is 24.4 Å². The summed E-state index contributed by atoms with van der Waals surface area (Å²) in [7, 11) is 0. The Balaban J connectivity index is 2.31. The molecule has 0 unspecified atom stereocenters. The second-order valence-electron chi connectivity index (χ2n) is 4.06. The zero-order valence-electron chi connectivity index (χ0n) is 9.66. The first-order chi connectivity index (χ1) is 7.85. The number of aromatic nitrogens is 2. The molecule has 3 heterocycles. The molecule has 1 aliphatic rings. The van der Waals surface area contributed by atoms with Crippen molar-refractivity contribution in [1.29, 1.82) is 0 Å². The standard InChI is InChI=1S/C12H15N3S/c1-3-8-10-11-9(5-6-15(11)4-2)16-12(10)14-7-13-8/h7H,3-6H2,1-2H3. The third kappa shape index (κ3) is 1.26. The van der Waals surface area contributed by atoms with Crippen LogP contribution in [0.3, 0.4) is 0 Å². The summed E-state index contributed by atoms with van der Waals surface area (Å²) in [5.74, 6) is 0. The topological polar surface area (TPSA) is 29.0 Å². The molecule has 1 aliphatic heterocycles. The van der Waals surface area contributed by atoms with Crippen LogP contribution < -0.4 is 4.90 Å². The number of nitrogens with zero attached hydrogens (tertiary/aromatic N) is 3. The van der Waals surface area contributed by atoms with Crippen LogP contribution in [0.5, 0.6) is 0 Å². The third-order valence-corrected chi connectivity index (χ3v) is 4.40. The minimum absolute atomic E-state index is 0.986. The van der Waals surface area contributed by atoms with Gasteiger partial charge in [0.2, 0.25) is 0 Å². The fourth-order valence-electron chi connectivity index (χ4n) is 2.46. The highest BCUT2D eigenvalue weighted by atomic mass is 32.1. The van der Waals surface area contributed by atoms with E-state index in [-0.39, 0.29) is 0 Å². The summed E-state index contributed by atoms with van der Waals surface area (Å²) in [5.41, 5.74) is 2.61. The van der Waals surface area contributed by atoms with Gasteiger partial charge in [0.15, 0.2) is 0 Å². The molecule has 3 nitrogen and oxygen atoms in total. The quantitative estimate of drug-likeness (QED) is 0.798. The van der Waals surface area contributed by atoms with E-state index in [0.717, 1.165) is 24.3 Å². The molecule has 0 saturated carbocycles. The van der Waals surface area contributed by atoms with Crippen LogP contribution in [0.15, 0.2) is 6.33 Å². The Labute approximate surface area is 99.1 Å². The molecule has 0 radical (unpaired) electrons. The average molecular weight is 233 g/mol. The van der Waals surface area contributed by atoms with Crippen molar-refractivity contribution in [3.8, 4) is 0 Å². The lowest BCUT2D eigenvalue weighted by atomic mass is 10.2. The minimum atomic E-state index is 0.986. The van der Waals surface area contributed by atoms with Gasteiger partial charge in [-0.05, 0) is 13.3 Å². The molecule has 0 spiro atoms. The monoisotopic (exact) mass is 233 g/mol. The fourth-order valence-corrected chi connectivity index (χ4v) is 3.63. The van der Waals surface area contributed by atoms with Gasteiger partial charge in [0.25, 0.3) is 0 Å². The van der Waals surface area contributed by atoms with Gasteiger partial charge in [-0.3, -0.25) is 0 Å². The molecule has 2 aromatic rings. The van der Waals surface area contributed by atoms with Gasteiger partial charge in [-0.15, -0.1) is 11.3 Å². The van der Waals surface area contributed by atoms with Crippen molar-refractivity contribution in [2.75, 3.05) is 18.0 Å². The highest BCUT2D eigenvalue weighted by molar-refractivity contribution is 7.19. The molecular formula is C12H15N3S. The molecule has 0 N–H and O–H groups in total. The second kappa shape index (κ2) is 3.70. The van der Waals surface area contributed by atoms with Gasteiger partial charge in [-0.25, -0.2) is 9.97 Å². The SMILES string of the molecule is CCc1ncnc2sc3c(c12)N(CC)CC3. The van der Waals surface area contributed by atoms with Crippen molar-refractivity contribution in [3.05, 3.63) is 16.9 Å². The molecule has 0 bridgehead atoms. The van der Waals surface area contributed by atoms with Crippen LogP contribution in [-0.4, -0.2) is 23.1 Å². The third-order valence-electron chi connectivity index (χ3n) is 3.25. The van der Waals surface area contributed by atoms with Crippen LogP contribution in [-0.2, 0) is 12.8 Å². The molecule has 2 aromatic heterocycles. The molecule has 3 rings (SSSR count). The van der Waals surface area contributed by atoms with Gasteiger partial charge in [0, 0.05) is 24.4 Å². The van der Waals surface area contributed by atoms with Crippen LogP contribution in [0.4, 0.5) is 5.69 Å². The van der Waals surface area contributed by atoms with Crippen molar-refractivity contribution in [2.45, 2.75) is 26.7 Å². The van der Waals surface area contributed by atoms with Crippen molar-refractivity contribution in [1.82, 2.24) is 9.97 Å². The Hall–Kier alpha value is -1.16. The zero-order chi connectivity index (χ0) is 11.1. The van der Waals surface area contributed by atoms with Gasteiger partial charge in [-0.2, -0.15) is 0 Å². The molecule has 0 saturated heterocycles. The fraction of sp³-hybridized carbons (Fsp3) is 0.500. The van der Waals surface area contributed by atoms with Crippen LogP contribution in [0, 0.1) is 0 Å². The normalized spacial score (nSPS) is 14.8. The van der Waals surface area contributed by atoms with Crippen molar-refractivity contribution < 1.29 is 0 Å². The number of anilines is 1. The van der Waals surface area contributed by atoms with Gasteiger partial charge in [0.1, 0.15) is 11.2 Å². The Morgan fingerprint density at radius 1 is 1.38 bits per heavy atom. The molecule has 0 fully saturated rings. The number of aryl methyl sites for hydroxylation is 1. The second-order valence-corrected chi connectivity index (χ2v) is 5.14. The number of rotatable bonds is 2. The van der Waals surface area contributed by atoms with Crippen LogP contribution >= 0.6 is 11.3 Å². The van der Waals surface area contributed by atoms with Gasteiger partial charge >= 0.3 is 0 Å². The first-order valence-electron chi connectivity index (χ1n) is 5.85. The molecular weight excluding hydrogens is 218 g/mol. The molecule has 0 aromatic carbocycles. The Bertz CT molecular complexity index is 532. The summed E-state index contributed by atoms with van der Waals surface area (Å²) in [5, 5.41) is 1.31. The lowest BCUT2D eigenvalue weighted by Crippen LogP contribution is -2.19. The van der Waals surface area contributed by atoms with Crippen molar-refractivity contribution >= 4 is 27.2 Å². The maximum Gasteiger partial charge on any atom is 0.129 e. The summed E-state index contributed by atoms with van der Waals surface area (Å²) in [6, 6.07) is 0. The van der Waals surface area contributed by atoms with Crippen molar-refractivity contribution in [3.63, 3.8) is 0 Å². The number of hydrogen-bond donors (Lipinski definition) is 0. The zero-order valence-corrected chi connectivity index (χ0v) is 10.5. The Kier molecular flexibility index (Phi) is 2.32. The maximum atomic E-state index is 4.41. The van der Waals surface area contributed by atoms with Crippen LogP contribution in [0.2, 0.25) is 0 Å². The van der Waals surface area contributed by atoms with E-state index >= 15 is 0 Å². The summed E-state index contributed by atoms with van der Waals surface area (Å²) in [6.45, 7) is 6.62. The molecule has 16 heavy (non-hydrogen) atoms. The number of likely N-dealkylation sites (N-methyl/N-ethyl adjacent to an activating group) is 1. The van der Waals surface area contributed by atoms with Gasteiger partial charge in [-0.1, -0.05) is 6.92 Å². The largest absolute Gasteiger partial charge is 0.370 e. The number of fused-ring (bicyclic) bond motifs is 3. The van der Waals surface area contributed by atoms with Gasteiger partial charge < -0.3 is 4.90 Å². The highest BCUT2D eigenvalue weighted by Crippen LogP contribution is 2.42. The lowest BCUT2D eigenvalue weighted by Gasteiger charge is -2.16. The maximum absolute atomic E-state index is 4.41. The summed E-state index contributed by atoms with van der Waals surface area (Å²) < 4.78 is 0. The minimum Gasteiger partial charge on any atom is -0.370 e. The molecule has 84 valence electrons. The molecule has 0 amide bonds. The first-order valence-corrected chi connectivity index (χ1v) is 6.67. The molecule has 0 atom stereocenters. The van der Waals surface area contributed by atoms with E-state index in [0.29, 0.717) is 0 Å². The predicted molar refractivity (Wildman–Crippen MR) is 68.4 cm³/mol. The Morgan fingerprint density at radius 2 is 2.25 bits per heavy atom. The van der Waals surface area contributed by atoms with E-state index < -0.39 is 0 Å². The summed E-state index contributed by atoms with van der Waals surface area (Å²) in [4.78, 5) is 13.9. The number of hydrogen-bond acceptors (Lipinski definition) is 4. The van der Waals surface area contributed by atoms with E-state index in [2.05, 4.69) is 28.7 Å². The van der Waals surface area contributed by atoms with E-state index in [9.17, 15) is 0 Å².